The number of pyridine rings is 1. The molecule has 0 aliphatic heterocycles. The number of hydrogen-bond acceptors (Lipinski definition) is 3. The van der Waals surface area contributed by atoms with Crippen LogP contribution in [0.1, 0.15) is 5.56 Å². The highest BCUT2D eigenvalue weighted by Gasteiger charge is 1.97. The molecule has 0 fully saturated rings. The Morgan fingerprint density at radius 2 is 1.94 bits per heavy atom. The molecule has 0 aliphatic rings. The molecule has 1 N–H and O–H groups in total. The predicted molar refractivity (Wildman–Crippen MR) is 64.5 cm³/mol. The molecule has 0 aliphatic carbocycles. The molecule has 1 aromatic heterocycles. The van der Waals surface area contributed by atoms with E-state index in [-0.39, 0.29) is 5.82 Å². The minimum atomic E-state index is -0.226. The molecular weight excluding hydrogens is 219 g/mol. The Morgan fingerprint density at radius 3 is 2.53 bits per heavy atom. The molecule has 0 saturated carbocycles. The molecule has 0 saturated heterocycles. The summed E-state index contributed by atoms with van der Waals surface area (Å²) in [4.78, 5) is 4.17. The van der Waals surface area contributed by atoms with Crippen molar-refractivity contribution in [3.63, 3.8) is 0 Å². The SMILES string of the molecule is COc1ccc(NCc2ccc(F)cc2)nc1. The van der Waals surface area contributed by atoms with Gasteiger partial charge in [-0.3, -0.25) is 0 Å². The van der Waals surface area contributed by atoms with Crippen LogP contribution in [0.4, 0.5) is 10.2 Å². The van der Waals surface area contributed by atoms with Gasteiger partial charge in [-0.1, -0.05) is 12.1 Å². The van der Waals surface area contributed by atoms with E-state index in [0.717, 1.165) is 17.1 Å². The second-order valence-corrected chi connectivity index (χ2v) is 3.56. The zero-order chi connectivity index (χ0) is 12.1. The summed E-state index contributed by atoms with van der Waals surface area (Å²) < 4.78 is 17.7. The first-order chi connectivity index (χ1) is 8.28. The third kappa shape index (κ3) is 3.17. The first-order valence-electron chi connectivity index (χ1n) is 5.26. The monoisotopic (exact) mass is 232 g/mol. The summed E-state index contributed by atoms with van der Waals surface area (Å²) in [7, 11) is 1.60. The fourth-order valence-electron chi connectivity index (χ4n) is 1.40. The van der Waals surface area contributed by atoms with Gasteiger partial charge in [0.15, 0.2) is 0 Å². The van der Waals surface area contributed by atoms with Crippen molar-refractivity contribution in [1.82, 2.24) is 4.98 Å². The maximum Gasteiger partial charge on any atom is 0.137 e. The Bertz CT molecular complexity index is 468. The average molecular weight is 232 g/mol. The lowest BCUT2D eigenvalue weighted by Crippen LogP contribution is -2.01. The number of anilines is 1. The number of nitrogens with one attached hydrogen (secondary N) is 1. The van der Waals surface area contributed by atoms with Gasteiger partial charge in [-0.25, -0.2) is 9.37 Å². The summed E-state index contributed by atoms with van der Waals surface area (Å²) in [5, 5.41) is 3.14. The molecule has 2 rings (SSSR count). The number of halogens is 1. The molecule has 1 heterocycles. The molecule has 88 valence electrons. The number of ether oxygens (including phenoxy) is 1. The number of methoxy groups -OCH3 is 1. The molecule has 0 radical (unpaired) electrons. The Balaban J connectivity index is 1.95. The highest BCUT2D eigenvalue weighted by molar-refractivity contribution is 5.38. The van der Waals surface area contributed by atoms with Crippen LogP contribution in [0, 0.1) is 5.82 Å². The van der Waals surface area contributed by atoms with E-state index in [1.807, 2.05) is 12.1 Å². The molecule has 0 amide bonds. The van der Waals surface area contributed by atoms with Crippen molar-refractivity contribution in [2.24, 2.45) is 0 Å². The van der Waals surface area contributed by atoms with E-state index in [0.29, 0.717) is 6.54 Å². The lowest BCUT2D eigenvalue weighted by atomic mass is 10.2. The summed E-state index contributed by atoms with van der Waals surface area (Å²) in [6, 6.07) is 10.0. The van der Waals surface area contributed by atoms with Crippen molar-refractivity contribution in [2.45, 2.75) is 6.54 Å². The fourth-order valence-corrected chi connectivity index (χ4v) is 1.40. The molecule has 0 bridgehead atoms. The van der Waals surface area contributed by atoms with E-state index >= 15 is 0 Å². The van der Waals surface area contributed by atoms with Crippen LogP contribution in [0.3, 0.4) is 0 Å². The summed E-state index contributed by atoms with van der Waals surface area (Å²) >= 11 is 0. The van der Waals surface area contributed by atoms with E-state index in [1.165, 1.54) is 12.1 Å². The van der Waals surface area contributed by atoms with Crippen LogP contribution < -0.4 is 10.1 Å². The summed E-state index contributed by atoms with van der Waals surface area (Å²) in [6.07, 6.45) is 1.65. The zero-order valence-electron chi connectivity index (χ0n) is 9.48. The second kappa shape index (κ2) is 5.30. The van der Waals surface area contributed by atoms with Gasteiger partial charge in [-0.15, -0.1) is 0 Å². The number of hydrogen-bond donors (Lipinski definition) is 1. The lowest BCUT2D eigenvalue weighted by Gasteiger charge is -2.06. The van der Waals surface area contributed by atoms with Crippen molar-refractivity contribution in [2.75, 3.05) is 12.4 Å². The van der Waals surface area contributed by atoms with E-state index in [9.17, 15) is 4.39 Å². The Hall–Kier alpha value is -2.10. The molecule has 0 unspecified atom stereocenters. The summed E-state index contributed by atoms with van der Waals surface area (Å²) in [5.41, 5.74) is 1.00. The topological polar surface area (TPSA) is 34.1 Å². The molecule has 17 heavy (non-hydrogen) atoms. The maximum atomic E-state index is 12.7. The van der Waals surface area contributed by atoms with Gasteiger partial charge < -0.3 is 10.1 Å². The van der Waals surface area contributed by atoms with Crippen molar-refractivity contribution in [3.05, 3.63) is 54.0 Å². The molecular formula is C13H13FN2O. The predicted octanol–water partition coefficient (Wildman–Crippen LogP) is 2.84. The third-order valence-corrected chi connectivity index (χ3v) is 2.36. The van der Waals surface area contributed by atoms with Gasteiger partial charge in [0.05, 0.1) is 13.3 Å². The molecule has 0 spiro atoms. The normalized spacial score (nSPS) is 10.0. The minimum absolute atomic E-state index is 0.226. The van der Waals surface area contributed by atoms with E-state index in [1.54, 1.807) is 25.4 Å². The zero-order valence-corrected chi connectivity index (χ0v) is 9.48. The van der Waals surface area contributed by atoms with Gasteiger partial charge >= 0.3 is 0 Å². The minimum Gasteiger partial charge on any atom is -0.495 e. The summed E-state index contributed by atoms with van der Waals surface area (Å²) in [6.45, 7) is 0.611. The van der Waals surface area contributed by atoms with Crippen molar-refractivity contribution in [1.29, 1.82) is 0 Å². The van der Waals surface area contributed by atoms with Crippen molar-refractivity contribution >= 4 is 5.82 Å². The first-order valence-corrected chi connectivity index (χ1v) is 5.26. The molecule has 1 aromatic carbocycles. The van der Waals surface area contributed by atoms with Crippen LogP contribution in [0.25, 0.3) is 0 Å². The number of benzene rings is 1. The molecule has 0 atom stereocenters. The molecule has 2 aromatic rings. The van der Waals surface area contributed by atoms with Gasteiger partial charge in [0.2, 0.25) is 0 Å². The largest absolute Gasteiger partial charge is 0.495 e. The Labute approximate surface area is 99.3 Å². The van der Waals surface area contributed by atoms with Gasteiger partial charge in [0.25, 0.3) is 0 Å². The second-order valence-electron chi connectivity index (χ2n) is 3.56. The highest BCUT2D eigenvalue weighted by atomic mass is 19.1. The maximum absolute atomic E-state index is 12.7. The standard InChI is InChI=1S/C13H13FN2O/c1-17-12-6-7-13(16-9-12)15-8-10-2-4-11(14)5-3-10/h2-7,9H,8H2,1H3,(H,15,16). The van der Waals surface area contributed by atoms with Crippen molar-refractivity contribution < 1.29 is 9.13 Å². The van der Waals surface area contributed by atoms with E-state index in [4.69, 9.17) is 4.74 Å². The molecule has 3 nitrogen and oxygen atoms in total. The number of nitrogens with zero attached hydrogens (tertiary/aromatic N) is 1. The fraction of sp³-hybridized carbons (Fsp3) is 0.154. The quantitative estimate of drug-likeness (QED) is 0.880. The van der Waals surface area contributed by atoms with Gasteiger partial charge in [-0.05, 0) is 29.8 Å². The number of aromatic nitrogens is 1. The average Bonchev–Trinajstić information content (AvgIpc) is 2.39. The third-order valence-electron chi connectivity index (χ3n) is 2.36. The van der Waals surface area contributed by atoms with Crippen LogP contribution in [0.2, 0.25) is 0 Å². The summed E-state index contributed by atoms with van der Waals surface area (Å²) in [5.74, 6) is 1.25. The van der Waals surface area contributed by atoms with E-state index < -0.39 is 0 Å². The van der Waals surface area contributed by atoms with Crippen LogP contribution >= 0.6 is 0 Å². The van der Waals surface area contributed by atoms with E-state index in [2.05, 4.69) is 10.3 Å². The van der Waals surface area contributed by atoms with Crippen molar-refractivity contribution in [3.8, 4) is 5.75 Å². The Kier molecular flexibility index (Phi) is 3.55. The first kappa shape index (κ1) is 11.4. The van der Waals surface area contributed by atoms with Crippen LogP contribution in [0.15, 0.2) is 42.6 Å². The molecule has 4 heteroatoms. The van der Waals surface area contributed by atoms with Gasteiger partial charge in [-0.2, -0.15) is 0 Å². The Morgan fingerprint density at radius 1 is 1.18 bits per heavy atom. The van der Waals surface area contributed by atoms with Gasteiger partial charge in [0.1, 0.15) is 17.4 Å². The van der Waals surface area contributed by atoms with Crippen LogP contribution in [-0.4, -0.2) is 12.1 Å². The van der Waals surface area contributed by atoms with Crippen LogP contribution in [-0.2, 0) is 6.54 Å². The number of rotatable bonds is 4. The lowest BCUT2D eigenvalue weighted by molar-refractivity contribution is 0.413. The smallest absolute Gasteiger partial charge is 0.137 e. The highest BCUT2D eigenvalue weighted by Crippen LogP contribution is 2.12. The van der Waals surface area contributed by atoms with Crippen LogP contribution in [0.5, 0.6) is 5.75 Å². The van der Waals surface area contributed by atoms with Gasteiger partial charge in [0, 0.05) is 6.54 Å².